The molecular formula is C21H36N4O7S. The summed E-state index contributed by atoms with van der Waals surface area (Å²) in [6.07, 6.45) is 3.05. The van der Waals surface area contributed by atoms with Crippen LogP contribution in [0.15, 0.2) is 0 Å². The number of nitrogens with one attached hydrogen (secondary N) is 2. The van der Waals surface area contributed by atoms with Crippen molar-refractivity contribution in [2.45, 2.75) is 76.5 Å². The van der Waals surface area contributed by atoms with Crippen molar-refractivity contribution in [1.29, 1.82) is 0 Å². The molecule has 1 aliphatic heterocycles. The smallest absolute Gasteiger partial charge is 0.326 e. The van der Waals surface area contributed by atoms with Crippen molar-refractivity contribution < 1.29 is 34.2 Å². The maximum absolute atomic E-state index is 13.1. The molecule has 12 heteroatoms. The number of carbonyl (C=O) groups excluding carboxylic acids is 3. The zero-order valence-electron chi connectivity index (χ0n) is 19.4. The molecule has 33 heavy (non-hydrogen) atoms. The van der Waals surface area contributed by atoms with Crippen LogP contribution in [0.1, 0.15) is 52.4 Å². The Hall–Kier alpha value is -2.34. The summed E-state index contributed by atoms with van der Waals surface area (Å²) in [5, 5.41) is 23.5. The number of carboxylic acids is 2. The number of amides is 3. The molecule has 1 aliphatic rings. The molecular weight excluding hydrogens is 452 g/mol. The minimum absolute atomic E-state index is 0.0339. The third-order valence-electron chi connectivity index (χ3n) is 5.39. The minimum Gasteiger partial charge on any atom is -0.481 e. The van der Waals surface area contributed by atoms with Crippen LogP contribution in [0.3, 0.4) is 0 Å². The summed E-state index contributed by atoms with van der Waals surface area (Å²) >= 11 is 1.49. The van der Waals surface area contributed by atoms with E-state index in [-0.39, 0.29) is 25.2 Å². The Morgan fingerprint density at radius 3 is 2.24 bits per heavy atom. The van der Waals surface area contributed by atoms with Crippen molar-refractivity contribution in [1.82, 2.24) is 15.5 Å². The molecule has 0 saturated carbocycles. The average Bonchev–Trinajstić information content (AvgIpc) is 3.23. The lowest BCUT2D eigenvalue weighted by molar-refractivity contribution is -0.149. The maximum atomic E-state index is 13.1. The van der Waals surface area contributed by atoms with Crippen LogP contribution in [0.4, 0.5) is 0 Å². The molecule has 0 bridgehead atoms. The Bertz CT molecular complexity index is 719. The van der Waals surface area contributed by atoms with Crippen molar-refractivity contribution in [3.63, 3.8) is 0 Å². The summed E-state index contributed by atoms with van der Waals surface area (Å²) in [5.74, 6) is -3.20. The van der Waals surface area contributed by atoms with Gasteiger partial charge in [0, 0.05) is 13.0 Å². The Kier molecular flexibility index (Phi) is 12.2. The average molecular weight is 489 g/mol. The molecule has 1 rings (SSSR count). The predicted octanol–water partition coefficient (Wildman–Crippen LogP) is 0.0229. The number of hydrogen-bond donors (Lipinski definition) is 5. The van der Waals surface area contributed by atoms with E-state index >= 15 is 0 Å². The second kappa shape index (κ2) is 14.0. The Labute approximate surface area is 198 Å². The molecule has 0 aliphatic carbocycles. The van der Waals surface area contributed by atoms with E-state index in [1.165, 1.54) is 16.7 Å². The second-order valence-corrected chi connectivity index (χ2v) is 9.59. The fourth-order valence-electron chi connectivity index (χ4n) is 3.64. The summed E-state index contributed by atoms with van der Waals surface area (Å²) in [6.45, 7) is 4.05. The highest BCUT2D eigenvalue weighted by molar-refractivity contribution is 7.98. The first-order valence-electron chi connectivity index (χ1n) is 11.1. The van der Waals surface area contributed by atoms with E-state index < -0.39 is 53.8 Å². The van der Waals surface area contributed by atoms with Crippen LogP contribution in [-0.4, -0.2) is 87.5 Å². The molecule has 11 nitrogen and oxygen atoms in total. The first-order valence-corrected chi connectivity index (χ1v) is 12.5. The van der Waals surface area contributed by atoms with Crippen molar-refractivity contribution in [3.05, 3.63) is 0 Å². The van der Waals surface area contributed by atoms with Crippen molar-refractivity contribution >= 4 is 41.4 Å². The van der Waals surface area contributed by atoms with Gasteiger partial charge in [0.2, 0.25) is 17.7 Å². The first kappa shape index (κ1) is 28.7. The molecule has 188 valence electrons. The molecule has 0 radical (unpaired) electrons. The van der Waals surface area contributed by atoms with Crippen LogP contribution < -0.4 is 16.4 Å². The van der Waals surface area contributed by atoms with Gasteiger partial charge in [-0.25, -0.2) is 4.79 Å². The van der Waals surface area contributed by atoms with E-state index in [1.807, 2.05) is 20.1 Å². The highest BCUT2D eigenvalue weighted by Crippen LogP contribution is 2.20. The fourth-order valence-corrected chi connectivity index (χ4v) is 4.12. The Morgan fingerprint density at radius 2 is 1.70 bits per heavy atom. The number of rotatable bonds is 14. The van der Waals surface area contributed by atoms with Crippen LogP contribution in [0, 0.1) is 5.92 Å². The second-order valence-electron chi connectivity index (χ2n) is 8.60. The van der Waals surface area contributed by atoms with Gasteiger partial charge < -0.3 is 31.5 Å². The number of aliphatic carboxylic acids is 2. The SMILES string of the molecule is CSCCC(NC(=O)C(CC(C)C)NC(=O)C(N)CCC(=O)O)C(=O)N1CCCC1C(=O)O. The van der Waals surface area contributed by atoms with Crippen molar-refractivity contribution in [2.75, 3.05) is 18.6 Å². The molecule has 1 fully saturated rings. The molecule has 4 atom stereocenters. The first-order chi connectivity index (χ1) is 15.5. The summed E-state index contributed by atoms with van der Waals surface area (Å²) < 4.78 is 0. The largest absolute Gasteiger partial charge is 0.481 e. The lowest BCUT2D eigenvalue weighted by Gasteiger charge is -2.29. The summed E-state index contributed by atoms with van der Waals surface area (Å²) in [5.41, 5.74) is 5.76. The molecule has 3 amide bonds. The zero-order chi connectivity index (χ0) is 25.1. The van der Waals surface area contributed by atoms with Crippen LogP contribution in [0.5, 0.6) is 0 Å². The fraction of sp³-hybridized carbons (Fsp3) is 0.762. The minimum atomic E-state index is -1.08. The van der Waals surface area contributed by atoms with Gasteiger partial charge in [0.25, 0.3) is 0 Å². The van der Waals surface area contributed by atoms with E-state index in [0.29, 0.717) is 31.6 Å². The third-order valence-corrected chi connectivity index (χ3v) is 6.04. The van der Waals surface area contributed by atoms with E-state index in [0.717, 1.165) is 0 Å². The number of nitrogens with zero attached hydrogens (tertiary/aromatic N) is 1. The molecule has 0 aromatic heterocycles. The van der Waals surface area contributed by atoms with Crippen LogP contribution in [0.2, 0.25) is 0 Å². The number of nitrogens with two attached hydrogens (primary N) is 1. The van der Waals surface area contributed by atoms with Gasteiger partial charge in [0.15, 0.2) is 0 Å². The van der Waals surface area contributed by atoms with Gasteiger partial charge in [-0.05, 0) is 50.0 Å². The topological polar surface area (TPSA) is 179 Å². The predicted molar refractivity (Wildman–Crippen MR) is 124 cm³/mol. The highest BCUT2D eigenvalue weighted by atomic mass is 32.2. The van der Waals surface area contributed by atoms with E-state index in [2.05, 4.69) is 10.6 Å². The Balaban J connectivity index is 2.94. The van der Waals surface area contributed by atoms with Crippen LogP contribution in [-0.2, 0) is 24.0 Å². The third kappa shape index (κ3) is 9.58. The normalized spacial score (nSPS) is 18.5. The quantitative estimate of drug-likeness (QED) is 0.225. The summed E-state index contributed by atoms with van der Waals surface area (Å²) in [6, 6.07) is -3.88. The monoisotopic (exact) mass is 488 g/mol. The molecule has 1 saturated heterocycles. The lowest BCUT2D eigenvalue weighted by Crippen LogP contribution is -2.57. The lowest BCUT2D eigenvalue weighted by atomic mass is 10.0. The van der Waals surface area contributed by atoms with E-state index in [1.54, 1.807) is 0 Å². The highest BCUT2D eigenvalue weighted by Gasteiger charge is 2.38. The molecule has 4 unspecified atom stereocenters. The molecule has 6 N–H and O–H groups in total. The number of thioether (sulfide) groups is 1. The van der Waals surface area contributed by atoms with E-state index in [4.69, 9.17) is 10.8 Å². The number of hydrogen-bond acceptors (Lipinski definition) is 7. The Morgan fingerprint density at radius 1 is 1.06 bits per heavy atom. The number of carboxylic acid groups (broad SMARTS) is 2. The van der Waals surface area contributed by atoms with Crippen molar-refractivity contribution in [2.24, 2.45) is 11.7 Å². The summed E-state index contributed by atoms with van der Waals surface area (Å²) in [4.78, 5) is 62.1. The van der Waals surface area contributed by atoms with Crippen molar-refractivity contribution in [3.8, 4) is 0 Å². The standard InChI is InChI=1S/C21H36N4O7S/c1-12(2)11-15(24-18(28)13(22)6-7-17(26)27)19(29)23-14(8-10-33-3)20(30)25-9-4-5-16(25)21(31)32/h12-16H,4-11,22H2,1-3H3,(H,23,29)(H,24,28)(H,26,27)(H,31,32). The number of likely N-dealkylation sites (tertiary alicyclic amines) is 1. The summed E-state index contributed by atoms with van der Waals surface area (Å²) in [7, 11) is 0. The van der Waals surface area contributed by atoms with Crippen LogP contribution in [0.25, 0.3) is 0 Å². The van der Waals surface area contributed by atoms with Gasteiger partial charge in [-0.3, -0.25) is 19.2 Å². The maximum Gasteiger partial charge on any atom is 0.326 e. The molecule has 1 heterocycles. The molecule has 0 aromatic rings. The van der Waals surface area contributed by atoms with Gasteiger partial charge in [-0.1, -0.05) is 13.8 Å². The van der Waals surface area contributed by atoms with Gasteiger partial charge in [0.05, 0.1) is 6.04 Å². The molecule has 0 spiro atoms. The van der Waals surface area contributed by atoms with Gasteiger partial charge in [0.1, 0.15) is 18.1 Å². The van der Waals surface area contributed by atoms with Gasteiger partial charge >= 0.3 is 11.9 Å². The van der Waals surface area contributed by atoms with Crippen LogP contribution >= 0.6 is 11.8 Å². The number of carbonyl (C=O) groups is 5. The molecule has 0 aromatic carbocycles. The van der Waals surface area contributed by atoms with Gasteiger partial charge in [-0.15, -0.1) is 0 Å². The zero-order valence-corrected chi connectivity index (χ0v) is 20.2. The van der Waals surface area contributed by atoms with E-state index in [9.17, 15) is 29.1 Å². The van der Waals surface area contributed by atoms with Gasteiger partial charge in [-0.2, -0.15) is 11.8 Å².